The largest absolute Gasteiger partial charge is 0.478 e. The van der Waals surface area contributed by atoms with Gasteiger partial charge in [0.05, 0.1) is 25.5 Å². The van der Waals surface area contributed by atoms with Crippen LogP contribution in [0.5, 0.6) is 5.88 Å². The SMILES string of the molecule is OC1CCOc2ccnn2C1. The molecule has 4 heteroatoms. The highest BCUT2D eigenvalue weighted by atomic mass is 16.5. The third kappa shape index (κ3) is 1.21. The summed E-state index contributed by atoms with van der Waals surface area (Å²) in [5, 5.41) is 13.3. The highest BCUT2D eigenvalue weighted by Gasteiger charge is 2.14. The molecule has 0 saturated carbocycles. The van der Waals surface area contributed by atoms with Gasteiger partial charge in [-0.3, -0.25) is 0 Å². The fraction of sp³-hybridized carbons (Fsp3) is 0.571. The maximum atomic E-state index is 9.31. The normalized spacial score (nSPS) is 23.5. The Kier molecular flexibility index (Phi) is 1.54. The van der Waals surface area contributed by atoms with E-state index in [0.29, 0.717) is 19.6 Å². The molecule has 4 nitrogen and oxygen atoms in total. The fourth-order valence-corrected chi connectivity index (χ4v) is 1.17. The van der Waals surface area contributed by atoms with Gasteiger partial charge in [-0.2, -0.15) is 5.10 Å². The topological polar surface area (TPSA) is 47.3 Å². The molecule has 1 aliphatic rings. The van der Waals surface area contributed by atoms with Gasteiger partial charge in [0.1, 0.15) is 0 Å². The van der Waals surface area contributed by atoms with Gasteiger partial charge in [-0.25, -0.2) is 4.68 Å². The summed E-state index contributed by atoms with van der Waals surface area (Å²) >= 11 is 0. The van der Waals surface area contributed by atoms with Crippen LogP contribution in [0.4, 0.5) is 0 Å². The van der Waals surface area contributed by atoms with Crippen LogP contribution >= 0.6 is 0 Å². The third-order valence-electron chi connectivity index (χ3n) is 1.76. The number of aromatic nitrogens is 2. The molecular formula is C7H10N2O2. The zero-order chi connectivity index (χ0) is 7.68. The number of fused-ring (bicyclic) bond motifs is 1. The summed E-state index contributed by atoms with van der Waals surface area (Å²) in [5.74, 6) is 0.751. The van der Waals surface area contributed by atoms with Gasteiger partial charge < -0.3 is 9.84 Å². The standard InChI is InChI=1S/C7H10N2O2/c10-6-2-4-11-7-1-3-8-9(7)5-6/h1,3,6,10H,2,4-5H2. The lowest BCUT2D eigenvalue weighted by Gasteiger charge is -2.03. The molecule has 0 spiro atoms. The van der Waals surface area contributed by atoms with Gasteiger partial charge in [-0.1, -0.05) is 0 Å². The molecule has 0 amide bonds. The molecule has 0 radical (unpaired) electrons. The van der Waals surface area contributed by atoms with Crippen LogP contribution in [0.3, 0.4) is 0 Å². The Morgan fingerprint density at radius 2 is 2.64 bits per heavy atom. The van der Waals surface area contributed by atoms with Crippen molar-refractivity contribution in [3.8, 4) is 5.88 Å². The maximum absolute atomic E-state index is 9.31. The first-order chi connectivity index (χ1) is 5.36. The average Bonchev–Trinajstić information content (AvgIpc) is 2.31. The van der Waals surface area contributed by atoms with E-state index in [0.717, 1.165) is 5.88 Å². The van der Waals surface area contributed by atoms with Crippen molar-refractivity contribution in [2.45, 2.75) is 19.1 Å². The summed E-state index contributed by atoms with van der Waals surface area (Å²) in [5.41, 5.74) is 0. The number of aliphatic hydroxyl groups excluding tert-OH is 1. The van der Waals surface area contributed by atoms with E-state index >= 15 is 0 Å². The van der Waals surface area contributed by atoms with E-state index in [4.69, 9.17) is 4.74 Å². The third-order valence-corrected chi connectivity index (χ3v) is 1.76. The zero-order valence-electron chi connectivity index (χ0n) is 6.10. The van der Waals surface area contributed by atoms with Crippen LogP contribution in [0.25, 0.3) is 0 Å². The van der Waals surface area contributed by atoms with Crippen LogP contribution in [0, 0.1) is 0 Å². The molecule has 1 atom stereocenters. The molecule has 1 unspecified atom stereocenters. The lowest BCUT2D eigenvalue weighted by Crippen LogP contribution is -2.14. The van der Waals surface area contributed by atoms with Gasteiger partial charge in [0.15, 0.2) is 0 Å². The van der Waals surface area contributed by atoms with Gasteiger partial charge in [0.2, 0.25) is 5.88 Å². The van der Waals surface area contributed by atoms with Crippen molar-refractivity contribution < 1.29 is 9.84 Å². The number of nitrogens with zero attached hydrogens (tertiary/aromatic N) is 2. The predicted octanol–water partition coefficient (Wildman–Crippen LogP) is 0.0265. The summed E-state index contributed by atoms with van der Waals surface area (Å²) in [7, 11) is 0. The molecule has 0 saturated heterocycles. The molecule has 1 N–H and O–H groups in total. The average molecular weight is 154 g/mol. The van der Waals surface area contributed by atoms with Crippen LogP contribution < -0.4 is 4.74 Å². The van der Waals surface area contributed by atoms with Crippen molar-refractivity contribution in [3.63, 3.8) is 0 Å². The zero-order valence-corrected chi connectivity index (χ0v) is 6.10. The van der Waals surface area contributed by atoms with E-state index in [1.165, 1.54) is 0 Å². The van der Waals surface area contributed by atoms with Gasteiger partial charge in [0, 0.05) is 12.5 Å². The van der Waals surface area contributed by atoms with Crippen molar-refractivity contribution >= 4 is 0 Å². The van der Waals surface area contributed by atoms with Crippen molar-refractivity contribution in [2.75, 3.05) is 6.61 Å². The smallest absolute Gasteiger partial charge is 0.211 e. The molecule has 11 heavy (non-hydrogen) atoms. The Labute approximate surface area is 64.4 Å². The predicted molar refractivity (Wildman–Crippen MR) is 38.3 cm³/mol. The minimum absolute atomic E-state index is 0.323. The van der Waals surface area contributed by atoms with E-state index in [9.17, 15) is 5.11 Å². The second-order valence-corrected chi connectivity index (χ2v) is 2.64. The molecule has 60 valence electrons. The first kappa shape index (κ1) is 6.67. The minimum Gasteiger partial charge on any atom is -0.478 e. The monoisotopic (exact) mass is 154 g/mol. The fourth-order valence-electron chi connectivity index (χ4n) is 1.17. The summed E-state index contributed by atoms with van der Waals surface area (Å²) < 4.78 is 6.98. The van der Waals surface area contributed by atoms with Gasteiger partial charge in [-0.05, 0) is 0 Å². The Hall–Kier alpha value is -1.03. The van der Waals surface area contributed by atoms with Crippen LogP contribution in [0.2, 0.25) is 0 Å². The lowest BCUT2D eigenvalue weighted by molar-refractivity contribution is 0.138. The number of hydrogen-bond donors (Lipinski definition) is 1. The summed E-state index contributed by atoms with van der Waals surface area (Å²) in [4.78, 5) is 0. The Bertz CT molecular complexity index is 246. The highest BCUT2D eigenvalue weighted by molar-refractivity contribution is 5.08. The molecule has 2 rings (SSSR count). The van der Waals surface area contributed by atoms with Crippen molar-refractivity contribution in [1.82, 2.24) is 9.78 Å². The second kappa shape index (κ2) is 2.54. The van der Waals surface area contributed by atoms with E-state index < -0.39 is 0 Å². The van der Waals surface area contributed by atoms with E-state index in [2.05, 4.69) is 5.10 Å². The molecule has 1 aliphatic heterocycles. The number of aliphatic hydroxyl groups is 1. The Balaban J connectivity index is 2.26. The molecule has 0 aliphatic carbocycles. The van der Waals surface area contributed by atoms with Crippen molar-refractivity contribution in [1.29, 1.82) is 0 Å². The first-order valence-electron chi connectivity index (χ1n) is 3.69. The minimum atomic E-state index is -0.323. The van der Waals surface area contributed by atoms with Crippen LogP contribution in [0.1, 0.15) is 6.42 Å². The Morgan fingerprint density at radius 1 is 1.73 bits per heavy atom. The number of hydrogen-bond acceptors (Lipinski definition) is 3. The second-order valence-electron chi connectivity index (χ2n) is 2.64. The van der Waals surface area contributed by atoms with E-state index in [1.807, 2.05) is 0 Å². The van der Waals surface area contributed by atoms with Crippen molar-refractivity contribution in [3.05, 3.63) is 12.3 Å². The molecule has 2 heterocycles. The highest BCUT2D eigenvalue weighted by Crippen LogP contribution is 2.14. The molecule has 0 aromatic carbocycles. The Morgan fingerprint density at radius 3 is 3.55 bits per heavy atom. The van der Waals surface area contributed by atoms with Crippen LogP contribution in [0.15, 0.2) is 12.3 Å². The summed E-state index contributed by atoms with van der Waals surface area (Å²) in [6, 6.07) is 1.80. The quantitative estimate of drug-likeness (QED) is 0.573. The number of ether oxygens (including phenoxy) is 1. The molecule has 0 bridgehead atoms. The van der Waals surface area contributed by atoms with Crippen molar-refractivity contribution in [2.24, 2.45) is 0 Å². The van der Waals surface area contributed by atoms with Gasteiger partial charge in [0.25, 0.3) is 0 Å². The van der Waals surface area contributed by atoms with Gasteiger partial charge >= 0.3 is 0 Å². The maximum Gasteiger partial charge on any atom is 0.211 e. The molecular weight excluding hydrogens is 144 g/mol. The molecule has 0 fully saturated rings. The summed E-state index contributed by atoms with van der Waals surface area (Å²) in [6.45, 7) is 1.12. The first-order valence-corrected chi connectivity index (χ1v) is 3.69. The van der Waals surface area contributed by atoms with Crippen LogP contribution in [-0.2, 0) is 6.54 Å². The van der Waals surface area contributed by atoms with E-state index in [-0.39, 0.29) is 6.10 Å². The van der Waals surface area contributed by atoms with Gasteiger partial charge in [-0.15, -0.1) is 0 Å². The number of rotatable bonds is 0. The lowest BCUT2D eigenvalue weighted by atomic mass is 10.3. The van der Waals surface area contributed by atoms with E-state index in [1.54, 1.807) is 16.9 Å². The molecule has 1 aromatic heterocycles. The van der Waals surface area contributed by atoms with Crippen LogP contribution in [-0.4, -0.2) is 27.6 Å². The molecule has 1 aromatic rings. The summed E-state index contributed by atoms with van der Waals surface area (Å²) in [6.07, 6.45) is 2.03.